The van der Waals surface area contributed by atoms with Crippen LogP contribution < -0.4 is 26.1 Å². The summed E-state index contributed by atoms with van der Waals surface area (Å²) in [6.07, 6.45) is -1.75. The topological polar surface area (TPSA) is 162 Å². The molecule has 3 atom stereocenters. The minimum absolute atomic E-state index is 0.00549. The smallest absolute Gasteiger partial charge is 0.378 e. The number of amides is 2. The number of nitrogens with one attached hydrogen (secondary N) is 2. The molecule has 4 aliphatic heterocycles. The van der Waals surface area contributed by atoms with E-state index in [9.17, 15) is 32.7 Å². The molecule has 7 rings (SSSR count). The second kappa shape index (κ2) is 12.7. The number of nitrogens with zero attached hydrogens (tertiary/aromatic N) is 8. The van der Waals surface area contributed by atoms with Crippen molar-refractivity contribution in [2.24, 2.45) is 5.10 Å². The summed E-state index contributed by atoms with van der Waals surface area (Å²) in [5.41, 5.74) is -0.486. The van der Waals surface area contributed by atoms with Gasteiger partial charge in [0, 0.05) is 51.4 Å². The van der Waals surface area contributed by atoms with Gasteiger partial charge in [0.05, 0.1) is 40.2 Å². The Kier molecular flexibility index (Phi) is 8.68. The third-order valence-corrected chi connectivity index (χ3v) is 9.97. The van der Waals surface area contributed by atoms with Crippen LogP contribution in [0.5, 0.6) is 0 Å². The van der Waals surface area contributed by atoms with E-state index in [1.807, 2.05) is 16.7 Å². The number of hydrazone groups is 1. The Morgan fingerprint density at radius 2 is 1.82 bits per heavy atom. The van der Waals surface area contributed by atoms with Gasteiger partial charge in [0.2, 0.25) is 17.6 Å². The molecule has 15 nitrogen and oxygen atoms in total. The van der Waals surface area contributed by atoms with Gasteiger partial charge < -0.3 is 29.9 Å². The summed E-state index contributed by atoms with van der Waals surface area (Å²) in [5.74, 6) is -1.22. The predicted octanol–water partition coefficient (Wildman–Crippen LogP) is 2.14. The third-order valence-electron chi connectivity index (χ3n) is 9.26. The summed E-state index contributed by atoms with van der Waals surface area (Å²) in [7, 11) is 0. The molecule has 1 unspecified atom stereocenters. The van der Waals surface area contributed by atoms with Crippen LogP contribution in [0.15, 0.2) is 39.2 Å². The lowest BCUT2D eigenvalue weighted by molar-refractivity contribution is -0.150. The van der Waals surface area contributed by atoms with Crippen LogP contribution in [0.1, 0.15) is 36.6 Å². The Hall–Kier alpha value is -4.39. The number of piperazine rings is 1. The minimum Gasteiger partial charge on any atom is -0.378 e. The van der Waals surface area contributed by atoms with Crippen LogP contribution in [-0.4, -0.2) is 105 Å². The van der Waals surface area contributed by atoms with Crippen molar-refractivity contribution in [3.8, 4) is 0 Å². The highest BCUT2D eigenvalue weighted by molar-refractivity contribution is 6.34. The van der Waals surface area contributed by atoms with Crippen molar-refractivity contribution < 1.29 is 32.6 Å². The Labute approximate surface area is 291 Å². The molecule has 0 spiro atoms. The van der Waals surface area contributed by atoms with Gasteiger partial charge in [-0.25, -0.2) is 0 Å². The fraction of sp³-hybridized carbons (Fsp3) is 0.467. The van der Waals surface area contributed by atoms with Crippen molar-refractivity contribution in [3.05, 3.63) is 55.9 Å². The molecule has 2 fully saturated rings. The summed E-state index contributed by atoms with van der Waals surface area (Å²) in [4.78, 5) is 51.3. The Bertz CT molecular complexity index is 1990. The van der Waals surface area contributed by atoms with E-state index in [4.69, 9.17) is 32.9 Å². The quantitative estimate of drug-likeness (QED) is 0.354. The van der Waals surface area contributed by atoms with Crippen LogP contribution in [-0.2, 0) is 20.5 Å². The number of carbonyl (C=O) groups is 2. The normalized spacial score (nSPS) is 23.9. The van der Waals surface area contributed by atoms with Gasteiger partial charge >= 0.3 is 6.18 Å². The number of rotatable bonds is 5. The summed E-state index contributed by atoms with van der Waals surface area (Å²) >= 11 is 12.3. The largest absolute Gasteiger partial charge is 0.416 e. The third kappa shape index (κ3) is 5.82. The van der Waals surface area contributed by atoms with Crippen molar-refractivity contribution in [1.82, 2.24) is 29.5 Å². The Morgan fingerprint density at radius 3 is 2.48 bits per heavy atom. The number of ether oxygens (including phenoxy) is 1. The highest BCUT2D eigenvalue weighted by Gasteiger charge is 2.45. The Morgan fingerprint density at radius 1 is 1.10 bits per heavy atom. The van der Waals surface area contributed by atoms with Gasteiger partial charge in [-0.05, 0) is 30.7 Å². The molecule has 50 heavy (non-hydrogen) atoms. The van der Waals surface area contributed by atoms with E-state index in [0.717, 1.165) is 22.7 Å². The summed E-state index contributed by atoms with van der Waals surface area (Å²) in [5, 5.41) is 21.5. The van der Waals surface area contributed by atoms with Gasteiger partial charge in [0.1, 0.15) is 11.7 Å². The SMILES string of the molecule is C[C@H]1C[C@H](C(=O)Nc2ccc(C(F)(F)F)cc2Cl)n2c1c(N1CCN(C(=O)C3(O)NN=CC=C3Cl)CC1)c(=O)n1nc(N3CCOCC3)nc21. The van der Waals surface area contributed by atoms with Crippen molar-refractivity contribution in [1.29, 1.82) is 0 Å². The number of benzene rings is 1. The van der Waals surface area contributed by atoms with E-state index in [-0.39, 0.29) is 71.7 Å². The maximum Gasteiger partial charge on any atom is 0.416 e. The van der Waals surface area contributed by atoms with Crippen molar-refractivity contribution in [2.45, 2.75) is 37.2 Å². The van der Waals surface area contributed by atoms with Crippen LogP contribution in [0.3, 0.4) is 0 Å². The number of halogens is 5. The van der Waals surface area contributed by atoms with E-state index in [0.29, 0.717) is 32.0 Å². The van der Waals surface area contributed by atoms with Crippen LogP contribution in [0.2, 0.25) is 5.02 Å². The van der Waals surface area contributed by atoms with E-state index < -0.39 is 40.9 Å². The number of anilines is 3. The molecule has 6 heterocycles. The number of allylic oxidation sites excluding steroid dienone is 1. The lowest BCUT2D eigenvalue weighted by Crippen LogP contribution is -2.61. The molecule has 1 aromatic carbocycles. The van der Waals surface area contributed by atoms with Crippen molar-refractivity contribution in [3.63, 3.8) is 0 Å². The summed E-state index contributed by atoms with van der Waals surface area (Å²) in [6.45, 7) is 4.33. The van der Waals surface area contributed by atoms with Crippen LogP contribution in [0.4, 0.5) is 30.5 Å². The first-order valence-corrected chi connectivity index (χ1v) is 16.5. The van der Waals surface area contributed by atoms with Crippen molar-refractivity contribution >= 4 is 64.3 Å². The highest BCUT2D eigenvalue weighted by Crippen LogP contribution is 2.42. The molecule has 3 aromatic rings. The van der Waals surface area contributed by atoms with E-state index in [1.165, 1.54) is 17.2 Å². The fourth-order valence-corrected chi connectivity index (χ4v) is 7.10. The fourth-order valence-electron chi connectivity index (χ4n) is 6.69. The molecule has 2 aromatic heterocycles. The zero-order chi connectivity index (χ0) is 35.5. The molecule has 2 saturated heterocycles. The first kappa shape index (κ1) is 34.1. The minimum atomic E-state index is -4.62. The average molecular weight is 740 g/mol. The number of carbonyl (C=O) groups excluding carboxylic acids is 2. The molecule has 4 aliphatic rings. The maximum absolute atomic E-state index is 14.3. The Balaban J connectivity index is 1.24. The molecular formula is C30H31Cl2F3N10O5. The van der Waals surface area contributed by atoms with Gasteiger partial charge in [0.25, 0.3) is 17.2 Å². The van der Waals surface area contributed by atoms with E-state index >= 15 is 0 Å². The number of hydrogen-bond donors (Lipinski definition) is 3. The monoisotopic (exact) mass is 738 g/mol. The van der Waals surface area contributed by atoms with E-state index in [1.54, 1.807) is 4.57 Å². The number of fused-ring (bicyclic) bond motifs is 3. The maximum atomic E-state index is 14.3. The lowest BCUT2D eigenvalue weighted by atomic mass is 10.0. The molecule has 3 N–H and O–H groups in total. The average Bonchev–Trinajstić information content (AvgIpc) is 3.69. The molecule has 0 aliphatic carbocycles. The number of alkyl halides is 3. The first-order chi connectivity index (χ1) is 23.8. The van der Waals surface area contributed by atoms with Gasteiger partial charge in [-0.2, -0.15) is 27.8 Å². The van der Waals surface area contributed by atoms with Crippen LogP contribution in [0.25, 0.3) is 5.78 Å². The zero-order valence-electron chi connectivity index (χ0n) is 26.5. The summed E-state index contributed by atoms with van der Waals surface area (Å²) in [6, 6.07) is 1.73. The second-order valence-corrected chi connectivity index (χ2v) is 13.2. The second-order valence-electron chi connectivity index (χ2n) is 12.4. The van der Waals surface area contributed by atoms with Gasteiger partial charge in [0.15, 0.2) is 0 Å². The predicted molar refractivity (Wildman–Crippen MR) is 177 cm³/mol. The molecule has 2 amide bonds. The number of morpholine rings is 1. The molecule has 20 heteroatoms. The van der Waals surface area contributed by atoms with E-state index in [2.05, 4.69) is 20.9 Å². The highest BCUT2D eigenvalue weighted by atomic mass is 35.5. The molecule has 0 bridgehead atoms. The molecule has 0 saturated carbocycles. The molecule has 266 valence electrons. The number of aliphatic hydroxyl groups is 1. The first-order valence-electron chi connectivity index (χ1n) is 15.8. The number of aromatic nitrogens is 4. The molecular weight excluding hydrogens is 708 g/mol. The number of hydrogen-bond acceptors (Lipinski definition) is 11. The van der Waals surface area contributed by atoms with Crippen LogP contribution in [0, 0.1) is 0 Å². The standard InChI is InChI=1S/C30H31Cl2F3N10O5/c1-16-14-20(24(46)37-19-3-2-17(15-18(19)31)30(33,34)35)44-22(16)23(25(47)45-28(44)38-27(39-45)43-10-12-50-13-11-43)41-6-8-42(9-7-41)26(48)29(49)21(32)4-5-36-40-29/h2-5,15-16,20,40,49H,6-14H2,1H3,(H,37,46)/t16-,20+,29?/m0/s1. The van der Waals surface area contributed by atoms with Gasteiger partial charge in [-0.1, -0.05) is 30.1 Å². The lowest BCUT2D eigenvalue weighted by Gasteiger charge is -2.40. The molecule has 0 radical (unpaired) electrons. The van der Waals surface area contributed by atoms with Gasteiger partial charge in [-0.15, -0.1) is 5.10 Å². The van der Waals surface area contributed by atoms with Crippen molar-refractivity contribution in [2.75, 3.05) is 67.6 Å². The zero-order valence-corrected chi connectivity index (χ0v) is 28.0. The summed E-state index contributed by atoms with van der Waals surface area (Å²) < 4.78 is 48.0. The van der Waals surface area contributed by atoms with Gasteiger partial charge in [-0.3, -0.25) is 24.4 Å². The van der Waals surface area contributed by atoms with Crippen LogP contribution >= 0.6 is 23.2 Å².